The number of fused-ring (bicyclic) bond motifs is 2. The zero-order valence-electron chi connectivity index (χ0n) is 20.4. The highest BCUT2D eigenvalue weighted by molar-refractivity contribution is 7.92. The van der Waals surface area contributed by atoms with Crippen molar-refractivity contribution >= 4 is 65.5 Å². The van der Waals surface area contributed by atoms with Gasteiger partial charge in [0.1, 0.15) is 16.5 Å². The molecular weight excluding hydrogens is 522 g/mol. The lowest BCUT2D eigenvalue weighted by Crippen LogP contribution is -2.28. The van der Waals surface area contributed by atoms with Crippen LogP contribution in [0.15, 0.2) is 23.2 Å². The van der Waals surface area contributed by atoms with Gasteiger partial charge in [0, 0.05) is 11.9 Å². The van der Waals surface area contributed by atoms with Gasteiger partial charge < -0.3 is 14.6 Å². The standard InChI is InChI=1S/C24H27N3O6S3/c1-13-5-7-15-17(9-13)34-22(21(15)23(30)33-4)25-19(28)11-36(31,32)12-20(29)26-24-27(3)16-8-6-14(2)10-18(16)35-24/h6,8,10,13H,5,7,9,11-12H2,1-4H3,(H,25,28). The van der Waals surface area contributed by atoms with E-state index in [0.29, 0.717) is 17.1 Å². The molecule has 1 aliphatic carbocycles. The van der Waals surface area contributed by atoms with Crippen molar-refractivity contribution in [2.45, 2.75) is 33.1 Å². The van der Waals surface area contributed by atoms with Crippen LogP contribution >= 0.6 is 22.7 Å². The van der Waals surface area contributed by atoms with Crippen molar-refractivity contribution in [2.75, 3.05) is 23.9 Å². The zero-order chi connectivity index (χ0) is 26.2. The Bertz CT molecular complexity index is 1540. The van der Waals surface area contributed by atoms with Gasteiger partial charge in [-0.1, -0.05) is 24.3 Å². The van der Waals surface area contributed by atoms with E-state index in [1.54, 1.807) is 11.6 Å². The number of esters is 1. The number of rotatable bonds is 6. The Kier molecular flexibility index (Phi) is 7.48. The Morgan fingerprint density at radius 2 is 1.97 bits per heavy atom. The maximum Gasteiger partial charge on any atom is 0.341 e. The molecule has 36 heavy (non-hydrogen) atoms. The normalized spacial score (nSPS) is 16.1. The number of methoxy groups -OCH3 is 1. The van der Waals surface area contributed by atoms with E-state index in [4.69, 9.17) is 4.74 Å². The van der Waals surface area contributed by atoms with Gasteiger partial charge >= 0.3 is 5.97 Å². The minimum atomic E-state index is -4.09. The van der Waals surface area contributed by atoms with Gasteiger partial charge in [0.05, 0.1) is 22.9 Å². The Morgan fingerprint density at radius 1 is 1.22 bits per heavy atom. The second-order valence-corrected chi connectivity index (χ2v) is 13.2. The number of carbonyl (C=O) groups is 3. The molecule has 192 valence electrons. The van der Waals surface area contributed by atoms with E-state index in [2.05, 4.69) is 17.2 Å². The van der Waals surface area contributed by atoms with Crippen LogP contribution in [0.1, 0.15) is 39.7 Å². The average molecular weight is 550 g/mol. The molecule has 1 N–H and O–H groups in total. The smallest absolute Gasteiger partial charge is 0.341 e. The van der Waals surface area contributed by atoms with E-state index < -0.39 is 39.1 Å². The van der Waals surface area contributed by atoms with Crippen molar-refractivity contribution in [3.05, 3.63) is 44.6 Å². The molecule has 2 aromatic heterocycles. The lowest BCUT2D eigenvalue weighted by molar-refractivity contribution is -0.115. The maximum atomic E-state index is 12.6. The van der Waals surface area contributed by atoms with E-state index in [9.17, 15) is 22.8 Å². The fourth-order valence-corrected chi connectivity index (χ4v) is 7.81. The first-order valence-corrected chi connectivity index (χ1v) is 14.8. The summed E-state index contributed by atoms with van der Waals surface area (Å²) >= 11 is 2.56. The third kappa shape index (κ3) is 5.60. The average Bonchev–Trinajstić information content (AvgIpc) is 3.27. The molecule has 0 saturated heterocycles. The first-order valence-electron chi connectivity index (χ1n) is 11.3. The minimum absolute atomic E-state index is 0.282. The second-order valence-electron chi connectivity index (χ2n) is 9.05. The molecule has 0 aliphatic heterocycles. The highest BCUT2D eigenvalue weighted by Crippen LogP contribution is 2.40. The maximum absolute atomic E-state index is 12.6. The van der Waals surface area contributed by atoms with Gasteiger partial charge in [-0.2, -0.15) is 4.99 Å². The van der Waals surface area contributed by atoms with Crippen LogP contribution in [0.4, 0.5) is 5.00 Å². The Labute approximate surface area is 216 Å². The number of nitrogens with one attached hydrogen (secondary N) is 1. The number of thiazole rings is 1. The summed E-state index contributed by atoms with van der Waals surface area (Å²) in [5.41, 5.74) is 3.08. The summed E-state index contributed by atoms with van der Waals surface area (Å²) in [5.74, 6) is -3.57. The molecule has 1 unspecified atom stereocenters. The largest absolute Gasteiger partial charge is 0.465 e. The predicted molar refractivity (Wildman–Crippen MR) is 140 cm³/mol. The summed E-state index contributed by atoms with van der Waals surface area (Å²) in [7, 11) is -1.07. The van der Waals surface area contributed by atoms with Crippen LogP contribution in [0.2, 0.25) is 0 Å². The first kappa shape index (κ1) is 26.2. The van der Waals surface area contributed by atoms with Crippen LogP contribution in [0.3, 0.4) is 0 Å². The van der Waals surface area contributed by atoms with Crippen LogP contribution < -0.4 is 10.1 Å². The Balaban J connectivity index is 1.49. The van der Waals surface area contributed by atoms with Crippen LogP contribution in [-0.2, 0) is 44.1 Å². The van der Waals surface area contributed by atoms with Crippen molar-refractivity contribution in [3.8, 4) is 0 Å². The second kappa shape index (κ2) is 10.3. The SMILES string of the molecule is COC(=O)c1c(NC(=O)CS(=O)(=O)CC(=O)N=c2sc3cc(C)ccc3n2C)sc2c1CCC(C)C2. The number of sulfone groups is 1. The van der Waals surface area contributed by atoms with E-state index in [1.165, 1.54) is 29.8 Å². The van der Waals surface area contributed by atoms with Crippen molar-refractivity contribution in [3.63, 3.8) is 0 Å². The fraction of sp³-hybridized carbons (Fsp3) is 0.417. The molecule has 2 heterocycles. The van der Waals surface area contributed by atoms with Gasteiger partial charge in [0.15, 0.2) is 14.6 Å². The topological polar surface area (TPSA) is 124 Å². The first-order chi connectivity index (χ1) is 17.0. The van der Waals surface area contributed by atoms with E-state index in [0.717, 1.165) is 39.1 Å². The van der Waals surface area contributed by atoms with Crippen LogP contribution in [-0.4, -0.2) is 49.4 Å². The van der Waals surface area contributed by atoms with Crippen LogP contribution in [0, 0.1) is 12.8 Å². The minimum Gasteiger partial charge on any atom is -0.465 e. The molecule has 4 rings (SSSR count). The number of amides is 2. The number of carbonyl (C=O) groups excluding carboxylic acids is 3. The number of nitrogens with zero attached hydrogens (tertiary/aromatic N) is 2. The monoisotopic (exact) mass is 549 g/mol. The zero-order valence-corrected chi connectivity index (χ0v) is 22.9. The number of anilines is 1. The molecule has 3 aromatic rings. The summed E-state index contributed by atoms with van der Waals surface area (Å²) in [6, 6.07) is 5.83. The highest BCUT2D eigenvalue weighted by Gasteiger charge is 2.30. The number of hydrogen-bond donors (Lipinski definition) is 1. The number of thiophene rings is 1. The van der Waals surface area contributed by atoms with Crippen LogP contribution in [0.25, 0.3) is 10.2 Å². The molecule has 0 saturated carbocycles. The molecule has 0 fully saturated rings. The number of aryl methyl sites for hydroxylation is 2. The van der Waals surface area contributed by atoms with Crippen molar-refractivity contribution in [2.24, 2.45) is 18.0 Å². The summed E-state index contributed by atoms with van der Waals surface area (Å²) in [6.45, 7) is 4.08. The molecular formula is C24H27N3O6S3. The molecule has 2 amide bonds. The number of ether oxygens (including phenoxy) is 1. The fourth-order valence-electron chi connectivity index (χ4n) is 4.25. The Morgan fingerprint density at radius 3 is 2.69 bits per heavy atom. The van der Waals surface area contributed by atoms with Gasteiger partial charge in [0.2, 0.25) is 5.91 Å². The third-order valence-electron chi connectivity index (χ3n) is 6.03. The molecule has 9 nitrogen and oxygen atoms in total. The van der Waals surface area contributed by atoms with Crippen molar-refractivity contribution in [1.29, 1.82) is 0 Å². The molecule has 1 aromatic carbocycles. The molecule has 0 radical (unpaired) electrons. The highest BCUT2D eigenvalue weighted by atomic mass is 32.2. The summed E-state index contributed by atoms with van der Waals surface area (Å²) < 4.78 is 32.8. The molecule has 0 spiro atoms. The van der Waals surface area contributed by atoms with E-state index in [1.807, 2.05) is 25.1 Å². The third-order valence-corrected chi connectivity index (χ3v) is 9.69. The summed E-state index contributed by atoms with van der Waals surface area (Å²) in [6.07, 6.45) is 2.39. The summed E-state index contributed by atoms with van der Waals surface area (Å²) in [5, 5.41) is 2.85. The quantitative estimate of drug-likeness (QED) is 0.472. The van der Waals surface area contributed by atoms with Gasteiger partial charge in [-0.05, 0) is 55.4 Å². The van der Waals surface area contributed by atoms with Crippen LogP contribution in [0.5, 0.6) is 0 Å². The van der Waals surface area contributed by atoms with Crippen molar-refractivity contribution < 1.29 is 27.5 Å². The Hall–Kier alpha value is -2.83. The van der Waals surface area contributed by atoms with Gasteiger partial charge in [0.25, 0.3) is 5.91 Å². The number of hydrogen-bond acceptors (Lipinski definition) is 8. The van der Waals surface area contributed by atoms with Gasteiger partial charge in [-0.3, -0.25) is 9.59 Å². The number of benzene rings is 1. The van der Waals surface area contributed by atoms with E-state index >= 15 is 0 Å². The lowest BCUT2D eigenvalue weighted by atomic mass is 9.88. The van der Waals surface area contributed by atoms with Gasteiger partial charge in [-0.25, -0.2) is 13.2 Å². The molecule has 1 aliphatic rings. The molecule has 0 bridgehead atoms. The van der Waals surface area contributed by atoms with Crippen molar-refractivity contribution in [1.82, 2.24) is 4.57 Å². The van der Waals surface area contributed by atoms with E-state index in [-0.39, 0.29) is 10.6 Å². The molecule has 1 atom stereocenters. The predicted octanol–water partition coefficient (Wildman–Crippen LogP) is 3.00. The lowest BCUT2D eigenvalue weighted by Gasteiger charge is -2.18. The van der Waals surface area contributed by atoms with Gasteiger partial charge in [-0.15, -0.1) is 11.3 Å². The summed E-state index contributed by atoms with van der Waals surface area (Å²) in [4.78, 5) is 42.8. The number of aromatic nitrogens is 1. The molecule has 12 heteroatoms.